The maximum atomic E-state index is 14.6. The predicted molar refractivity (Wildman–Crippen MR) is 227 cm³/mol. The average Bonchev–Trinajstić information content (AvgIpc) is 3.20. The van der Waals surface area contributed by atoms with Crippen LogP contribution in [0, 0.1) is 84.7 Å². The van der Waals surface area contributed by atoms with Crippen LogP contribution in [0.2, 0.25) is 0 Å². The van der Waals surface area contributed by atoms with Gasteiger partial charge in [-0.15, -0.1) is 0 Å². The first-order valence-corrected chi connectivity index (χ1v) is 23.9. The highest BCUT2D eigenvalue weighted by molar-refractivity contribution is 5.80. The fourth-order valence-corrected chi connectivity index (χ4v) is 19.8. The summed E-state index contributed by atoms with van der Waals surface area (Å²) in [5.74, 6) is -1.69. The van der Waals surface area contributed by atoms with Crippen LogP contribution in [0.15, 0.2) is 36.0 Å². The Kier molecular flexibility index (Phi) is 9.83. The molecule has 1 saturated heterocycles. The van der Waals surface area contributed by atoms with Gasteiger partial charge >= 0.3 is 11.9 Å². The van der Waals surface area contributed by atoms with Gasteiger partial charge in [-0.25, -0.2) is 4.79 Å². The zero-order valence-electron chi connectivity index (χ0n) is 37.6. The molecule has 1 aliphatic heterocycles. The fourth-order valence-electron chi connectivity index (χ4n) is 19.8. The first kappa shape index (κ1) is 43.4. The van der Waals surface area contributed by atoms with Crippen molar-refractivity contribution < 1.29 is 54.1 Å². The molecule has 0 aromatic heterocycles. The van der Waals surface area contributed by atoms with Crippen LogP contribution in [0.3, 0.4) is 0 Å². The summed E-state index contributed by atoms with van der Waals surface area (Å²) in [6.07, 6.45) is 14.5. The first-order valence-electron chi connectivity index (χ1n) is 23.9. The molecule has 62 heavy (non-hydrogen) atoms. The Bertz CT molecular complexity index is 1980. The molecule has 1 heterocycles. The molecule has 4 bridgehead atoms. The van der Waals surface area contributed by atoms with Crippen LogP contribution in [-0.2, 0) is 28.6 Å². The fraction of sp³-hybridized carbons (Fsp3) is 0.820. The summed E-state index contributed by atoms with van der Waals surface area (Å²) in [5.41, 5.74) is -2.23. The van der Waals surface area contributed by atoms with Gasteiger partial charge in [0.2, 0.25) is 0 Å². The van der Waals surface area contributed by atoms with Crippen molar-refractivity contribution in [2.45, 2.75) is 142 Å². The van der Waals surface area contributed by atoms with E-state index >= 15 is 0 Å². The molecule has 4 spiro atoms. The van der Waals surface area contributed by atoms with Crippen LogP contribution in [0.5, 0.6) is 0 Å². The number of methoxy groups -OCH3 is 1. The van der Waals surface area contributed by atoms with Crippen molar-refractivity contribution in [3.63, 3.8) is 0 Å². The zero-order chi connectivity index (χ0) is 44.2. The number of carboxylic acid groups (broad SMARTS) is 2. The molecule has 0 amide bonds. The Balaban J connectivity index is 1.19. The molecule has 0 aromatic rings. The number of aldehydes is 1. The quantitative estimate of drug-likeness (QED) is 0.0915. The number of allylic oxidation sites excluding steroid dienone is 6. The van der Waals surface area contributed by atoms with Gasteiger partial charge in [0, 0.05) is 35.7 Å². The lowest BCUT2D eigenvalue weighted by atomic mass is 9.17. The molecule has 9 aliphatic carbocycles. The van der Waals surface area contributed by atoms with E-state index in [1.54, 1.807) is 7.11 Å². The van der Waals surface area contributed by atoms with Gasteiger partial charge < -0.3 is 49.9 Å². The second kappa shape index (κ2) is 14.0. The van der Waals surface area contributed by atoms with E-state index in [1.807, 2.05) is 7.05 Å². The number of fused-ring (bicyclic) bond motifs is 1. The lowest BCUT2D eigenvalue weighted by Gasteiger charge is -2.86. The van der Waals surface area contributed by atoms with Gasteiger partial charge in [-0.3, -0.25) is 4.79 Å². The number of carbonyl (C=O) groups is 3. The lowest BCUT2D eigenvalue weighted by molar-refractivity contribution is -0.358. The summed E-state index contributed by atoms with van der Waals surface area (Å²) < 4.78 is 18.6. The van der Waals surface area contributed by atoms with Crippen LogP contribution in [0.4, 0.5) is 0 Å². The molecule has 7 fully saturated rings. The van der Waals surface area contributed by atoms with Crippen molar-refractivity contribution >= 4 is 18.2 Å². The predicted octanol–water partition coefficient (Wildman–Crippen LogP) is 5.54. The Morgan fingerprint density at radius 3 is 2.47 bits per heavy atom. The number of aliphatic hydroxyl groups is 3. The Hall–Kier alpha value is -2.45. The number of aliphatic carboxylic acids is 2. The van der Waals surface area contributed by atoms with Crippen molar-refractivity contribution in [2.24, 2.45) is 84.7 Å². The SMILES string of the molecule is CNCC1CC2C=C3C45C=CCC(C)(CC(COC)C4(C(=O)O)CC4CCCC67CCC8C(C)(C)C(OC9OC(C(=O)O)C(O)C(O)C9O)CC1C8(C)C26C=CC(CC=O)C347)C5. The number of carboxylic acids is 2. The molecule has 342 valence electrons. The Morgan fingerprint density at radius 2 is 1.77 bits per heavy atom. The van der Waals surface area contributed by atoms with Crippen LogP contribution in [0.25, 0.3) is 0 Å². The van der Waals surface area contributed by atoms with E-state index in [9.17, 15) is 39.9 Å². The van der Waals surface area contributed by atoms with E-state index in [0.29, 0.717) is 25.9 Å². The molecule has 10 rings (SSSR count). The second-order valence-electron chi connectivity index (χ2n) is 23.3. The normalized spacial score (nSPS) is 54.9. The van der Waals surface area contributed by atoms with E-state index in [2.05, 4.69) is 63.4 Å². The van der Waals surface area contributed by atoms with Crippen molar-refractivity contribution in [1.29, 1.82) is 0 Å². The number of rotatable bonds is 10. The molecule has 12 heteroatoms. The third kappa shape index (κ3) is 4.81. The molecular weight excluding hydrogens is 791 g/mol. The van der Waals surface area contributed by atoms with Crippen LogP contribution in [-0.4, -0.2) is 108 Å². The minimum Gasteiger partial charge on any atom is -0.481 e. The monoisotopic (exact) mass is 862 g/mol. The molecular formula is C50H71NO11. The summed E-state index contributed by atoms with van der Waals surface area (Å²) in [7, 11) is 3.72. The van der Waals surface area contributed by atoms with E-state index < -0.39 is 70.4 Å². The van der Waals surface area contributed by atoms with Gasteiger partial charge in [0.1, 0.15) is 24.6 Å². The molecule has 20 atom stereocenters. The minimum absolute atomic E-state index is 0.0520. The van der Waals surface area contributed by atoms with E-state index in [0.717, 1.165) is 70.6 Å². The van der Waals surface area contributed by atoms with Gasteiger partial charge in [-0.05, 0) is 135 Å². The van der Waals surface area contributed by atoms with Gasteiger partial charge in [0.15, 0.2) is 12.4 Å². The van der Waals surface area contributed by atoms with E-state index in [4.69, 9.17) is 14.2 Å². The molecule has 10 aliphatic rings. The summed E-state index contributed by atoms with van der Waals surface area (Å²) >= 11 is 0. The Morgan fingerprint density at radius 1 is 1.00 bits per heavy atom. The maximum absolute atomic E-state index is 14.6. The standard InChI is InChI=1S/C50H71NO11/c1-43(2)33-11-16-47-15-7-9-29-23-48(42(58)59)31(25-60-6)22-44(3)13-8-14-46(48,26-44)34-20-30-19-27(24-51-5)32(45(33,4)49(30,47)17-10-28(12-18-52)50(29,34)47)21-35(43)61-41-38(55)36(53)37(54)39(62-41)40(56)57/h8,10,14,17-18,20,27-33,35-39,41,51,53-55H,7,9,11-13,15-16,19,21-26H2,1-6H3,(H,56,57)(H,58,59). The minimum atomic E-state index is -1.80. The zero-order valence-corrected chi connectivity index (χ0v) is 37.6. The lowest BCUT2D eigenvalue weighted by Crippen LogP contribution is -2.82. The van der Waals surface area contributed by atoms with Gasteiger partial charge in [-0.2, -0.15) is 0 Å². The third-order valence-electron chi connectivity index (χ3n) is 21.2. The number of ether oxygens (including phenoxy) is 3. The number of nitrogens with one attached hydrogen (secondary N) is 1. The highest BCUT2D eigenvalue weighted by atomic mass is 16.7. The Labute approximate surface area is 366 Å². The molecule has 0 aromatic carbocycles. The smallest absolute Gasteiger partial charge is 0.335 e. The number of carbonyl (C=O) groups excluding carboxylic acids is 1. The first-order chi connectivity index (χ1) is 29.4. The van der Waals surface area contributed by atoms with Crippen LogP contribution >= 0.6 is 0 Å². The van der Waals surface area contributed by atoms with Crippen molar-refractivity contribution in [3.8, 4) is 0 Å². The molecule has 6 saturated carbocycles. The summed E-state index contributed by atoms with van der Waals surface area (Å²) in [4.78, 5) is 39.8. The summed E-state index contributed by atoms with van der Waals surface area (Å²) in [6.45, 7) is 10.6. The van der Waals surface area contributed by atoms with Crippen LogP contribution < -0.4 is 5.32 Å². The average molecular weight is 862 g/mol. The molecule has 20 unspecified atom stereocenters. The highest BCUT2D eigenvalue weighted by Crippen LogP contribution is 2.91. The summed E-state index contributed by atoms with van der Waals surface area (Å²) in [5, 5.41) is 58.0. The van der Waals surface area contributed by atoms with Crippen molar-refractivity contribution in [2.75, 3.05) is 27.3 Å². The van der Waals surface area contributed by atoms with Gasteiger partial charge in [0.25, 0.3) is 0 Å². The van der Waals surface area contributed by atoms with Crippen molar-refractivity contribution in [3.05, 3.63) is 36.0 Å². The largest absolute Gasteiger partial charge is 0.481 e. The third-order valence-corrected chi connectivity index (χ3v) is 21.2. The van der Waals surface area contributed by atoms with Gasteiger partial charge in [-0.1, -0.05) is 70.1 Å². The van der Waals surface area contributed by atoms with Crippen molar-refractivity contribution in [1.82, 2.24) is 5.32 Å². The van der Waals surface area contributed by atoms with Crippen LogP contribution in [0.1, 0.15) is 105 Å². The maximum Gasteiger partial charge on any atom is 0.335 e. The molecule has 12 nitrogen and oxygen atoms in total. The van der Waals surface area contributed by atoms with E-state index in [1.165, 1.54) is 5.57 Å². The van der Waals surface area contributed by atoms with E-state index in [-0.39, 0.29) is 63.1 Å². The second-order valence-corrected chi connectivity index (χ2v) is 23.3. The van der Waals surface area contributed by atoms with Gasteiger partial charge in [0.05, 0.1) is 18.1 Å². The highest BCUT2D eigenvalue weighted by Gasteiger charge is 2.87. The molecule has 0 radical (unpaired) electrons. The molecule has 6 N–H and O–H groups in total. The number of hydrogen-bond acceptors (Lipinski definition) is 10. The number of aliphatic hydroxyl groups excluding tert-OH is 3. The topological polar surface area (TPSA) is 192 Å². The summed E-state index contributed by atoms with van der Waals surface area (Å²) in [6, 6.07) is 0. The number of hydrogen-bond donors (Lipinski definition) is 6.